The van der Waals surface area contributed by atoms with Gasteiger partial charge in [0.2, 0.25) is 11.8 Å². The Morgan fingerprint density at radius 3 is 2.52 bits per heavy atom. The lowest BCUT2D eigenvalue weighted by Gasteiger charge is -2.57. The van der Waals surface area contributed by atoms with Gasteiger partial charge in [0.05, 0.1) is 6.10 Å². The number of hydrogen-bond donors (Lipinski definition) is 2. The number of halogens is 1. The van der Waals surface area contributed by atoms with Gasteiger partial charge in [-0.25, -0.2) is 0 Å². The molecule has 27 heavy (non-hydrogen) atoms. The highest BCUT2D eigenvalue weighted by Gasteiger charge is 2.63. The van der Waals surface area contributed by atoms with Crippen LogP contribution in [0.3, 0.4) is 0 Å². The number of carbonyl (C=O) groups excluding carboxylic acids is 2. The Balaban J connectivity index is 0.00000261. The van der Waals surface area contributed by atoms with Crippen LogP contribution in [0.4, 0.5) is 5.69 Å². The van der Waals surface area contributed by atoms with Crippen LogP contribution in [-0.2, 0) is 14.3 Å². The molecule has 4 atom stereocenters. The van der Waals surface area contributed by atoms with E-state index in [4.69, 9.17) is 10.5 Å². The zero-order valence-corrected chi connectivity index (χ0v) is 17.2. The summed E-state index contributed by atoms with van der Waals surface area (Å²) in [5.74, 6) is -0.349. The molecule has 1 aliphatic heterocycles. The van der Waals surface area contributed by atoms with Crippen molar-refractivity contribution in [3.05, 3.63) is 30.3 Å². The lowest BCUT2D eigenvalue weighted by atomic mass is 9.54. The third-order valence-corrected chi connectivity index (χ3v) is 6.13. The molecule has 1 aliphatic carbocycles. The van der Waals surface area contributed by atoms with Gasteiger partial charge in [-0.3, -0.25) is 9.59 Å². The van der Waals surface area contributed by atoms with E-state index in [1.54, 1.807) is 4.90 Å². The Hall–Kier alpha value is -1.63. The van der Waals surface area contributed by atoms with Crippen molar-refractivity contribution in [2.24, 2.45) is 11.1 Å². The molecule has 2 aliphatic rings. The minimum absolute atomic E-state index is 0. The molecule has 0 bridgehead atoms. The molecule has 1 saturated heterocycles. The van der Waals surface area contributed by atoms with E-state index in [9.17, 15) is 9.59 Å². The van der Waals surface area contributed by atoms with Crippen LogP contribution in [0.15, 0.2) is 30.3 Å². The minimum atomic E-state index is -1.02. The van der Waals surface area contributed by atoms with E-state index in [0.29, 0.717) is 19.4 Å². The molecule has 7 heteroatoms. The second-order valence-corrected chi connectivity index (χ2v) is 8.00. The first kappa shape index (κ1) is 21.7. The smallest absolute Gasteiger partial charge is 0.249 e. The van der Waals surface area contributed by atoms with Gasteiger partial charge in [-0.05, 0) is 32.4 Å². The number of benzene rings is 1. The summed E-state index contributed by atoms with van der Waals surface area (Å²) < 4.78 is 5.69. The minimum Gasteiger partial charge on any atom is -0.378 e. The Labute approximate surface area is 167 Å². The van der Waals surface area contributed by atoms with Crippen LogP contribution in [0.5, 0.6) is 0 Å². The monoisotopic (exact) mass is 395 g/mol. The summed E-state index contributed by atoms with van der Waals surface area (Å²) in [4.78, 5) is 27.5. The molecule has 1 aromatic rings. The van der Waals surface area contributed by atoms with Crippen LogP contribution >= 0.6 is 12.4 Å². The summed E-state index contributed by atoms with van der Waals surface area (Å²) in [5, 5.41) is 2.91. The largest absolute Gasteiger partial charge is 0.378 e. The fraction of sp³-hybridized carbons (Fsp3) is 0.600. The van der Waals surface area contributed by atoms with Gasteiger partial charge in [0, 0.05) is 30.2 Å². The number of ether oxygens (including phenoxy) is 1. The topological polar surface area (TPSA) is 84.7 Å². The number of nitrogens with one attached hydrogen (secondary N) is 1. The number of amides is 2. The fourth-order valence-electron chi connectivity index (χ4n) is 4.13. The van der Waals surface area contributed by atoms with Crippen LogP contribution in [0.1, 0.15) is 40.5 Å². The number of nitrogens with zero attached hydrogens (tertiary/aromatic N) is 1. The highest BCUT2D eigenvalue weighted by molar-refractivity contribution is 6.03. The molecular weight excluding hydrogens is 366 g/mol. The van der Waals surface area contributed by atoms with Crippen molar-refractivity contribution >= 4 is 29.9 Å². The zero-order chi connectivity index (χ0) is 19.1. The normalized spacial score (nSPS) is 31.8. The number of anilines is 1. The Morgan fingerprint density at radius 2 is 1.96 bits per heavy atom. The molecule has 1 saturated carbocycles. The maximum atomic E-state index is 12.9. The first-order chi connectivity index (χ1) is 12.2. The van der Waals surface area contributed by atoms with Gasteiger partial charge < -0.3 is 20.7 Å². The van der Waals surface area contributed by atoms with Gasteiger partial charge in [-0.2, -0.15) is 0 Å². The lowest BCUT2D eigenvalue weighted by molar-refractivity contribution is -0.171. The molecule has 1 heterocycles. The summed E-state index contributed by atoms with van der Waals surface area (Å²) >= 11 is 0. The molecule has 2 amide bonds. The quantitative estimate of drug-likeness (QED) is 0.800. The van der Waals surface area contributed by atoms with E-state index in [0.717, 1.165) is 5.69 Å². The van der Waals surface area contributed by atoms with Gasteiger partial charge >= 0.3 is 0 Å². The van der Waals surface area contributed by atoms with Crippen LogP contribution in [0, 0.1) is 5.41 Å². The van der Waals surface area contributed by atoms with E-state index in [-0.39, 0.29) is 36.4 Å². The molecule has 6 nitrogen and oxygen atoms in total. The second-order valence-electron chi connectivity index (χ2n) is 8.00. The third-order valence-electron chi connectivity index (χ3n) is 6.13. The fourth-order valence-corrected chi connectivity index (χ4v) is 4.13. The van der Waals surface area contributed by atoms with Gasteiger partial charge in [0.15, 0.2) is 0 Å². The maximum Gasteiger partial charge on any atom is 0.249 e. The van der Waals surface area contributed by atoms with Crippen molar-refractivity contribution in [3.63, 3.8) is 0 Å². The van der Waals surface area contributed by atoms with Crippen molar-refractivity contribution in [1.82, 2.24) is 5.32 Å². The second kappa shape index (κ2) is 7.78. The number of para-hydroxylation sites is 1. The summed E-state index contributed by atoms with van der Waals surface area (Å²) in [6.45, 7) is 8.42. The zero-order valence-electron chi connectivity index (χ0n) is 16.4. The van der Waals surface area contributed by atoms with Gasteiger partial charge in [-0.15, -0.1) is 12.4 Å². The van der Waals surface area contributed by atoms with Crippen molar-refractivity contribution in [2.45, 2.75) is 64.3 Å². The molecule has 3 rings (SSSR count). The first-order valence-electron chi connectivity index (χ1n) is 9.32. The van der Waals surface area contributed by atoms with Gasteiger partial charge in [0.1, 0.15) is 11.6 Å². The summed E-state index contributed by atoms with van der Waals surface area (Å²) in [7, 11) is 0. The molecule has 1 aromatic carbocycles. The highest BCUT2D eigenvalue weighted by Crippen LogP contribution is 2.50. The van der Waals surface area contributed by atoms with Crippen LogP contribution < -0.4 is 16.0 Å². The SMILES string of the molecule is CCOC1CC(N)(C(=O)NC2CC(C)N(c3ccccc3)C2=O)C1(C)C.Cl. The molecule has 0 radical (unpaired) electrons. The van der Waals surface area contributed by atoms with E-state index >= 15 is 0 Å². The van der Waals surface area contributed by atoms with Crippen LogP contribution in [0.2, 0.25) is 0 Å². The molecule has 2 fully saturated rings. The summed E-state index contributed by atoms with van der Waals surface area (Å²) in [5.41, 5.74) is 5.79. The van der Waals surface area contributed by atoms with Crippen LogP contribution in [0.25, 0.3) is 0 Å². The Kier molecular flexibility index (Phi) is 6.24. The van der Waals surface area contributed by atoms with E-state index in [2.05, 4.69) is 5.32 Å². The van der Waals surface area contributed by atoms with Crippen molar-refractivity contribution in [1.29, 1.82) is 0 Å². The van der Waals surface area contributed by atoms with Crippen molar-refractivity contribution in [3.8, 4) is 0 Å². The summed E-state index contributed by atoms with van der Waals surface area (Å²) in [6.07, 6.45) is 1.01. The molecule has 0 spiro atoms. The molecule has 0 aromatic heterocycles. The lowest BCUT2D eigenvalue weighted by Crippen LogP contribution is -2.76. The van der Waals surface area contributed by atoms with Crippen LogP contribution in [-0.4, -0.2) is 42.1 Å². The average Bonchev–Trinajstić information content (AvgIpc) is 2.88. The third kappa shape index (κ3) is 3.46. The highest BCUT2D eigenvalue weighted by atomic mass is 35.5. The summed E-state index contributed by atoms with van der Waals surface area (Å²) in [6, 6.07) is 9.02. The standard InChI is InChI=1S/C20H29N3O3.ClH/c1-5-26-16-12-20(21,19(16,3)4)18(25)22-15-11-13(2)23(17(15)24)14-9-7-6-8-10-14;/h6-10,13,15-16H,5,11-12,21H2,1-4H3,(H,22,25);1H. The predicted molar refractivity (Wildman–Crippen MR) is 108 cm³/mol. The molecule has 4 unspecified atom stereocenters. The predicted octanol–water partition coefficient (Wildman–Crippen LogP) is 2.25. The number of hydrogen-bond acceptors (Lipinski definition) is 4. The van der Waals surface area contributed by atoms with E-state index < -0.39 is 17.0 Å². The molecular formula is C20H30ClN3O3. The number of nitrogens with two attached hydrogens (primary N) is 1. The molecule has 3 N–H and O–H groups in total. The Morgan fingerprint density at radius 1 is 1.33 bits per heavy atom. The van der Waals surface area contributed by atoms with Gasteiger partial charge in [-0.1, -0.05) is 32.0 Å². The maximum absolute atomic E-state index is 12.9. The van der Waals surface area contributed by atoms with Crippen molar-refractivity contribution in [2.75, 3.05) is 11.5 Å². The number of rotatable bonds is 5. The average molecular weight is 396 g/mol. The van der Waals surface area contributed by atoms with E-state index in [1.165, 1.54) is 0 Å². The Bertz CT molecular complexity index is 697. The molecule has 150 valence electrons. The first-order valence-corrected chi connectivity index (χ1v) is 9.32. The van der Waals surface area contributed by atoms with Crippen molar-refractivity contribution < 1.29 is 14.3 Å². The van der Waals surface area contributed by atoms with Gasteiger partial charge in [0.25, 0.3) is 0 Å². The van der Waals surface area contributed by atoms with E-state index in [1.807, 2.05) is 58.0 Å². The number of carbonyl (C=O) groups is 2.